The standard InChI is InChI=1S/C12H20N2O/c1-8-10(9(2)15)6-7-11(13-8)14-12(3,4)5/h6-7,9,15H,1-5H3,(H,13,14). The van der Waals surface area contributed by atoms with Crippen LogP contribution < -0.4 is 5.32 Å². The summed E-state index contributed by atoms with van der Waals surface area (Å²) in [5.74, 6) is 0.851. The third-order valence-electron chi connectivity index (χ3n) is 2.08. The number of hydrogen-bond donors (Lipinski definition) is 2. The van der Waals surface area contributed by atoms with Gasteiger partial charge in [-0.05, 0) is 40.7 Å². The molecule has 0 fully saturated rings. The van der Waals surface area contributed by atoms with E-state index in [1.165, 1.54) is 0 Å². The van der Waals surface area contributed by atoms with Gasteiger partial charge in [0, 0.05) is 16.8 Å². The first kappa shape index (κ1) is 12.0. The quantitative estimate of drug-likeness (QED) is 0.785. The molecule has 3 nitrogen and oxygen atoms in total. The molecule has 15 heavy (non-hydrogen) atoms. The van der Waals surface area contributed by atoms with Crippen LogP contribution in [0.4, 0.5) is 5.82 Å². The van der Waals surface area contributed by atoms with Gasteiger partial charge in [0.1, 0.15) is 5.82 Å². The van der Waals surface area contributed by atoms with Gasteiger partial charge in [-0.25, -0.2) is 4.98 Å². The van der Waals surface area contributed by atoms with Crippen LogP contribution in [-0.4, -0.2) is 15.6 Å². The molecule has 0 aliphatic rings. The lowest BCUT2D eigenvalue weighted by Gasteiger charge is -2.22. The monoisotopic (exact) mass is 208 g/mol. The highest BCUT2D eigenvalue weighted by atomic mass is 16.3. The predicted octanol–water partition coefficient (Wildman–Crippen LogP) is 2.65. The molecule has 1 atom stereocenters. The van der Waals surface area contributed by atoms with E-state index < -0.39 is 6.10 Å². The zero-order valence-corrected chi connectivity index (χ0v) is 10.1. The van der Waals surface area contributed by atoms with E-state index in [9.17, 15) is 5.11 Å². The topological polar surface area (TPSA) is 45.2 Å². The fourth-order valence-electron chi connectivity index (χ4n) is 1.47. The van der Waals surface area contributed by atoms with Gasteiger partial charge in [0.05, 0.1) is 6.10 Å². The van der Waals surface area contributed by atoms with E-state index in [1.54, 1.807) is 6.92 Å². The van der Waals surface area contributed by atoms with Crippen molar-refractivity contribution in [2.24, 2.45) is 0 Å². The number of anilines is 1. The summed E-state index contributed by atoms with van der Waals surface area (Å²) in [6, 6.07) is 3.82. The molecule has 0 radical (unpaired) electrons. The van der Waals surface area contributed by atoms with Crippen molar-refractivity contribution in [2.75, 3.05) is 5.32 Å². The first-order valence-electron chi connectivity index (χ1n) is 5.23. The lowest BCUT2D eigenvalue weighted by molar-refractivity contribution is 0.198. The Morgan fingerprint density at radius 2 is 1.93 bits per heavy atom. The second-order valence-electron chi connectivity index (χ2n) is 4.92. The van der Waals surface area contributed by atoms with Crippen LogP contribution in [0.1, 0.15) is 45.1 Å². The molecule has 2 N–H and O–H groups in total. The van der Waals surface area contributed by atoms with E-state index in [0.717, 1.165) is 17.1 Å². The van der Waals surface area contributed by atoms with Crippen LogP contribution in [0.2, 0.25) is 0 Å². The summed E-state index contributed by atoms with van der Waals surface area (Å²) in [7, 11) is 0. The Balaban J connectivity index is 2.92. The zero-order chi connectivity index (χ0) is 11.6. The largest absolute Gasteiger partial charge is 0.389 e. The number of nitrogens with one attached hydrogen (secondary N) is 1. The van der Waals surface area contributed by atoms with Crippen LogP contribution in [0.25, 0.3) is 0 Å². The van der Waals surface area contributed by atoms with Crippen LogP contribution in [-0.2, 0) is 0 Å². The van der Waals surface area contributed by atoms with Crippen molar-refractivity contribution in [3.63, 3.8) is 0 Å². The second-order valence-corrected chi connectivity index (χ2v) is 4.92. The van der Waals surface area contributed by atoms with Gasteiger partial charge in [0.15, 0.2) is 0 Å². The summed E-state index contributed by atoms with van der Waals surface area (Å²) >= 11 is 0. The van der Waals surface area contributed by atoms with Crippen molar-refractivity contribution >= 4 is 5.82 Å². The van der Waals surface area contributed by atoms with E-state index in [2.05, 4.69) is 31.1 Å². The Morgan fingerprint density at radius 3 is 2.33 bits per heavy atom. The molecule has 0 saturated carbocycles. The van der Waals surface area contributed by atoms with Crippen LogP contribution >= 0.6 is 0 Å². The highest BCUT2D eigenvalue weighted by molar-refractivity contribution is 5.40. The molecular weight excluding hydrogens is 188 g/mol. The summed E-state index contributed by atoms with van der Waals surface area (Å²) in [6.07, 6.45) is -0.457. The van der Waals surface area contributed by atoms with Gasteiger partial charge in [-0.3, -0.25) is 0 Å². The summed E-state index contributed by atoms with van der Waals surface area (Å²) in [5.41, 5.74) is 1.76. The Morgan fingerprint density at radius 1 is 1.33 bits per heavy atom. The fraction of sp³-hybridized carbons (Fsp3) is 0.583. The molecule has 0 saturated heterocycles. The first-order valence-corrected chi connectivity index (χ1v) is 5.23. The SMILES string of the molecule is Cc1nc(NC(C)(C)C)ccc1C(C)O. The maximum atomic E-state index is 9.47. The molecule has 0 bridgehead atoms. The molecule has 0 aromatic carbocycles. The third kappa shape index (κ3) is 3.51. The third-order valence-corrected chi connectivity index (χ3v) is 2.08. The number of aromatic nitrogens is 1. The van der Waals surface area contributed by atoms with Gasteiger partial charge in [0.25, 0.3) is 0 Å². The minimum absolute atomic E-state index is 0.00574. The van der Waals surface area contributed by atoms with Gasteiger partial charge in [-0.1, -0.05) is 6.07 Å². The number of aliphatic hydroxyl groups is 1. The molecule has 0 aliphatic heterocycles. The van der Waals surface area contributed by atoms with Crippen molar-refractivity contribution in [2.45, 2.75) is 46.3 Å². The summed E-state index contributed by atoms with van der Waals surface area (Å²) < 4.78 is 0. The van der Waals surface area contributed by atoms with Crippen molar-refractivity contribution in [1.29, 1.82) is 0 Å². The van der Waals surface area contributed by atoms with E-state index in [0.29, 0.717) is 0 Å². The molecule has 1 heterocycles. The lowest BCUT2D eigenvalue weighted by atomic mass is 10.1. The smallest absolute Gasteiger partial charge is 0.126 e. The second kappa shape index (κ2) is 4.19. The Bertz CT molecular complexity index is 340. The Kier molecular flexibility index (Phi) is 3.35. The molecule has 1 rings (SSSR count). The van der Waals surface area contributed by atoms with Gasteiger partial charge in [-0.2, -0.15) is 0 Å². The molecule has 3 heteroatoms. The molecule has 0 amide bonds. The van der Waals surface area contributed by atoms with Crippen molar-refractivity contribution < 1.29 is 5.11 Å². The number of rotatable bonds is 2. The zero-order valence-electron chi connectivity index (χ0n) is 10.1. The minimum atomic E-state index is -0.457. The van der Waals surface area contributed by atoms with E-state index in [4.69, 9.17) is 0 Å². The normalized spacial score (nSPS) is 13.7. The molecule has 0 aliphatic carbocycles. The summed E-state index contributed by atoms with van der Waals surface area (Å²) in [5, 5.41) is 12.8. The van der Waals surface area contributed by atoms with Crippen LogP contribution in [0.5, 0.6) is 0 Å². The average Bonchev–Trinajstić information content (AvgIpc) is 1.99. The van der Waals surface area contributed by atoms with Crippen molar-refractivity contribution in [1.82, 2.24) is 4.98 Å². The van der Waals surface area contributed by atoms with E-state index in [1.807, 2.05) is 19.1 Å². The molecule has 0 spiro atoms. The fourth-order valence-corrected chi connectivity index (χ4v) is 1.47. The number of nitrogens with zero attached hydrogens (tertiary/aromatic N) is 1. The van der Waals surface area contributed by atoms with Gasteiger partial charge in [0.2, 0.25) is 0 Å². The highest BCUT2D eigenvalue weighted by Crippen LogP contribution is 2.19. The maximum absolute atomic E-state index is 9.47. The summed E-state index contributed by atoms with van der Waals surface area (Å²) in [4.78, 5) is 4.41. The molecule has 84 valence electrons. The first-order chi connectivity index (χ1) is 6.79. The average molecular weight is 208 g/mol. The molecular formula is C12H20N2O. The highest BCUT2D eigenvalue weighted by Gasteiger charge is 2.12. The van der Waals surface area contributed by atoms with E-state index in [-0.39, 0.29) is 5.54 Å². The summed E-state index contributed by atoms with van der Waals surface area (Å²) in [6.45, 7) is 9.93. The number of aryl methyl sites for hydroxylation is 1. The lowest BCUT2D eigenvalue weighted by Crippen LogP contribution is -2.26. The van der Waals surface area contributed by atoms with Crippen molar-refractivity contribution in [3.05, 3.63) is 23.4 Å². The van der Waals surface area contributed by atoms with Crippen LogP contribution in [0.15, 0.2) is 12.1 Å². The van der Waals surface area contributed by atoms with Gasteiger partial charge in [-0.15, -0.1) is 0 Å². The Labute approximate surface area is 91.5 Å². The number of hydrogen-bond acceptors (Lipinski definition) is 3. The van der Waals surface area contributed by atoms with Gasteiger partial charge >= 0.3 is 0 Å². The number of pyridine rings is 1. The Hall–Kier alpha value is -1.09. The van der Waals surface area contributed by atoms with Crippen LogP contribution in [0.3, 0.4) is 0 Å². The maximum Gasteiger partial charge on any atom is 0.126 e. The van der Waals surface area contributed by atoms with Gasteiger partial charge < -0.3 is 10.4 Å². The van der Waals surface area contributed by atoms with Crippen molar-refractivity contribution in [3.8, 4) is 0 Å². The van der Waals surface area contributed by atoms with E-state index >= 15 is 0 Å². The predicted molar refractivity (Wildman–Crippen MR) is 63.0 cm³/mol. The molecule has 1 aromatic heterocycles. The van der Waals surface area contributed by atoms with Crippen LogP contribution in [0, 0.1) is 6.92 Å². The minimum Gasteiger partial charge on any atom is -0.389 e. The molecule has 1 unspecified atom stereocenters. The molecule has 1 aromatic rings. The number of aliphatic hydroxyl groups excluding tert-OH is 1.